The van der Waals surface area contributed by atoms with Gasteiger partial charge in [-0.25, -0.2) is 0 Å². The first-order valence-corrected chi connectivity index (χ1v) is 8.80. The van der Waals surface area contributed by atoms with E-state index in [-0.39, 0.29) is 6.10 Å². The largest absolute Gasteiger partial charge is 0.396 e. The zero-order valence-electron chi connectivity index (χ0n) is 13.7. The molecule has 2 fully saturated rings. The zero-order valence-corrected chi connectivity index (χ0v) is 13.7. The molecule has 0 bridgehead atoms. The highest BCUT2D eigenvalue weighted by Crippen LogP contribution is 2.31. The first-order chi connectivity index (χ1) is 10.1. The molecule has 0 aromatic heterocycles. The lowest BCUT2D eigenvalue weighted by Gasteiger charge is -2.41. The minimum Gasteiger partial charge on any atom is -0.396 e. The molecule has 21 heavy (non-hydrogen) atoms. The van der Waals surface area contributed by atoms with Gasteiger partial charge in [-0.1, -0.05) is 0 Å². The van der Waals surface area contributed by atoms with Gasteiger partial charge in [0.25, 0.3) is 0 Å². The number of unbranched alkanes of at least 4 members (excludes halogenated alkanes) is 1. The summed E-state index contributed by atoms with van der Waals surface area (Å²) in [6, 6.07) is 1.25. The van der Waals surface area contributed by atoms with Crippen molar-refractivity contribution >= 4 is 0 Å². The number of rotatable bonds is 8. The molecule has 4 heteroatoms. The lowest BCUT2D eigenvalue weighted by molar-refractivity contribution is -0.116. The fraction of sp³-hybridized carbons (Fsp3) is 1.00. The molecule has 124 valence electrons. The number of nitrogens with zero attached hydrogens (tertiary/aromatic N) is 1. The van der Waals surface area contributed by atoms with E-state index in [1.165, 1.54) is 12.8 Å². The molecule has 0 radical (unpaired) electrons. The summed E-state index contributed by atoms with van der Waals surface area (Å²) in [6.07, 6.45) is 9.01. The molecule has 2 rings (SSSR count). The predicted octanol–water partition coefficient (Wildman–Crippen LogP) is 2.32. The summed E-state index contributed by atoms with van der Waals surface area (Å²) in [6.45, 7) is 5.96. The van der Waals surface area contributed by atoms with Crippen molar-refractivity contribution in [1.82, 2.24) is 4.90 Å². The second-order valence-corrected chi connectivity index (χ2v) is 7.08. The quantitative estimate of drug-likeness (QED) is 0.675. The number of hydrogen-bond acceptors (Lipinski definition) is 4. The van der Waals surface area contributed by atoms with Crippen LogP contribution in [0, 0.1) is 0 Å². The number of aliphatic hydroxyl groups is 2. The number of hydrogen-bond donors (Lipinski definition) is 2. The average molecular weight is 299 g/mol. The van der Waals surface area contributed by atoms with Crippen LogP contribution in [0.1, 0.15) is 65.2 Å². The Kier molecular flexibility index (Phi) is 6.93. The molecule has 4 nitrogen and oxygen atoms in total. The SMILES string of the molecule is CC(C)N(CCCCO)C1CCC(OC2CC(O)C2)CC1. The van der Waals surface area contributed by atoms with Gasteiger partial charge >= 0.3 is 0 Å². The summed E-state index contributed by atoms with van der Waals surface area (Å²) in [4.78, 5) is 2.61. The van der Waals surface area contributed by atoms with E-state index in [4.69, 9.17) is 9.84 Å². The molecular formula is C17H33NO3. The van der Waals surface area contributed by atoms with Crippen LogP contribution in [-0.2, 0) is 4.74 Å². The molecular weight excluding hydrogens is 266 g/mol. The van der Waals surface area contributed by atoms with E-state index in [0.29, 0.717) is 30.9 Å². The van der Waals surface area contributed by atoms with Crippen molar-refractivity contribution in [3.63, 3.8) is 0 Å². The molecule has 2 N–H and O–H groups in total. The first kappa shape index (κ1) is 17.2. The summed E-state index contributed by atoms with van der Waals surface area (Å²) >= 11 is 0. The third-order valence-electron chi connectivity index (χ3n) is 5.06. The van der Waals surface area contributed by atoms with E-state index < -0.39 is 0 Å². The highest BCUT2D eigenvalue weighted by atomic mass is 16.5. The number of ether oxygens (including phenoxy) is 1. The smallest absolute Gasteiger partial charge is 0.0628 e. The monoisotopic (exact) mass is 299 g/mol. The van der Waals surface area contributed by atoms with Crippen molar-refractivity contribution in [3.05, 3.63) is 0 Å². The van der Waals surface area contributed by atoms with Crippen LogP contribution in [0.5, 0.6) is 0 Å². The fourth-order valence-electron chi connectivity index (χ4n) is 3.70. The van der Waals surface area contributed by atoms with Crippen LogP contribution in [0.15, 0.2) is 0 Å². The molecule has 0 saturated heterocycles. The Morgan fingerprint density at radius 1 is 1.05 bits per heavy atom. The van der Waals surface area contributed by atoms with Crippen LogP contribution in [0.2, 0.25) is 0 Å². The van der Waals surface area contributed by atoms with Crippen LogP contribution in [-0.4, -0.2) is 58.7 Å². The van der Waals surface area contributed by atoms with Gasteiger partial charge in [-0.3, -0.25) is 4.90 Å². The number of aliphatic hydroxyl groups excluding tert-OH is 2. The van der Waals surface area contributed by atoms with Crippen LogP contribution in [0.25, 0.3) is 0 Å². The topological polar surface area (TPSA) is 52.9 Å². The van der Waals surface area contributed by atoms with Gasteiger partial charge in [-0.05, 0) is 71.8 Å². The normalized spacial score (nSPS) is 33.4. The maximum atomic E-state index is 9.32. The summed E-state index contributed by atoms with van der Waals surface area (Å²) < 4.78 is 6.07. The van der Waals surface area contributed by atoms with E-state index >= 15 is 0 Å². The lowest BCUT2D eigenvalue weighted by atomic mass is 9.88. The van der Waals surface area contributed by atoms with Crippen LogP contribution >= 0.6 is 0 Å². The molecule has 0 aromatic rings. The molecule has 0 spiro atoms. The molecule has 0 amide bonds. The van der Waals surface area contributed by atoms with Gasteiger partial charge in [-0.2, -0.15) is 0 Å². The highest BCUT2D eigenvalue weighted by molar-refractivity contribution is 4.85. The fourth-order valence-corrected chi connectivity index (χ4v) is 3.70. The minimum atomic E-state index is -0.116. The van der Waals surface area contributed by atoms with Crippen LogP contribution in [0.4, 0.5) is 0 Å². The second kappa shape index (κ2) is 8.47. The molecule has 2 aliphatic carbocycles. The van der Waals surface area contributed by atoms with Gasteiger partial charge in [0.1, 0.15) is 0 Å². The molecule has 2 saturated carbocycles. The highest BCUT2D eigenvalue weighted by Gasteiger charge is 2.33. The van der Waals surface area contributed by atoms with Crippen molar-refractivity contribution in [1.29, 1.82) is 0 Å². The maximum Gasteiger partial charge on any atom is 0.0628 e. The second-order valence-electron chi connectivity index (χ2n) is 7.08. The van der Waals surface area contributed by atoms with Crippen LogP contribution in [0.3, 0.4) is 0 Å². The Morgan fingerprint density at radius 3 is 2.24 bits per heavy atom. The summed E-state index contributed by atoms with van der Waals surface area (Å²) in [7, 11) is 0. The van der Waals surface area contributed by atoms with Crippen molar-refractivity contribution in [3.8, 4) is 0 Å². The first-order valence-electron chi connectivity index (χ1n) is 8.80. The Hall–Kier alpha value is -0.160. The van der Waals surface area contributed by atoms with E-state index in [0.717, 1.165) is 45.1 Å². The van der Waals surface area contributed by atoms with Gasteiger partial charge in [-0.15, -0.1) is 0 Å². The summed E-state index contributed by atoms with van der Waals surface area (Å²) in [5.41, 5.74) is 0. The van der Waals surface area contributed by atoms with Gasteiger partial charge in [0, 0.05) is 18.7 Å². The molecule has 0 heterocycles. The van der Waals surface area contributed by atoms with Crippen molar-refractivity contribution in [2.75, 3.05) is 13.2 Å². The minimum absolute atomic E-state index is 0.116. The Balaban J connectivity index is 1.70. The van der Waals surface area contributed by atoms with E-state index in [9.17, 15) is 5.11 Å². The Morgan fingerprint density at radius 2 is 1.71 bits per heavy atom. The van der Waals surface area contributed by atoms with Gasteiger partial charge in [0.2, 0.25) is 0 Å². The molecule has 0 aromatic carbocycles. The Labute approximate surface area is 129 Å². The van der Waals surface area contributed by atoms with E-state index in [1.807, 2.05) is 0 Å². The van der Waals surface area contributed by atoms with Crippen molar-refractivity contribution < 1.29 is 14.9 Å². The zero-order chi connectivity index (χ0) is 15.2. The molecule has 2 aliphatic rings. The van der Waals surface area contributed by atoms with E-state index in [2.05, 4.69) is 18.7 Å². The van der Waals surface area contributed by atoms with Crippen molar-refractivity contribution in [2.24, 2.45) is 0 Å². The average Bonchev–Trinajstić information content (AvgIpc) is 2.43. The van der Waals surface area contributed by atoms with Gasteiger partial charge in [0.05, 0.1) is 18.3 Å². The third kappa shape index (κ3) is 5.20. The molecule has 0 unspecified atom stereocenters. The maximum absolute atomic E-state index is 9.32. The summed E-state index contributed by atoms with van der Waals surface area (Å²) in [5.74, 6) is 0. The van der Waals surface area contributed by atoms with Gasteiger partial charge < -0.3 is 14.9 Å². The standard InChI is InChI=1S/C17H33NO3/c1-13(2)18(9-3-4-10-19)14-5-7-16(8-6-14)21-17-11-15(20)12-17/h13-17,19-20H,3-12H2,1-2H3. The molecule has 0 aliphatic heterocycles. The Bertz CT molecular complexity index is 284. The van der Waals surface area contributed by atoms with Gasteiger partial charge in [0.15, 0.2) is 0 Å². The third-order valence-corrected chi connectivity index (χ3v) is 5.06. The predicted molar refractivity (Wildman–Crippen MR) is 84.3 cm³/mol. The lowest BCUT2D eigenvalue weighted by Crippen LogP contribution is -2.45. The molecule has 0 atom stereocenters. The van der Waals surface area contributed by atoms with E-state index in [1.54, 1.807) is 0 Å². The summed E-state index contributed by atoms with van der Waals surface area (Å²) in [5, 5.41) is 18.3. The van der Waals surface area contributed by atoms with Crippen LogP contribution < -0.4 is 0 Å². The van der Waals surface area contributed by atoms with Crippen molar-refractivity contribution in [2.45, 2.75) is 95.6 Å².